The van der Waals surface area contributed by atoms with Gasteiger partial charge in [0.25, 0.3) is 0 Å². The lowest BCUT2D eigenvalue weighted by Gasteiger charge is -2.15. The number of nitrogens with zero attached hydrogens (tertiary/aromatic N) is 2. The lowest BCUT2D eigenvalue weighted by atomic mass is 10.1. The Balaban J connectivity index is 1.83. The van der Waals surface area contributed by atoms with Crippen molar-refractivity contribution in [1.29, 1.82) is 0 Å². The van der Waals surface area contributed by atoms with Gasteiger partial charge in [0.15, 0.2) is 0 Å². The Kier molecular flexibility index (Phi) is 2.46. The van der Waals surface area contributed by atoms with Crippen molar-refractivity contribution in [1.82, 2.24) is 14.9 Å². The Bertz CT molecular complexity index is 450. The molecule has 0 amide bonds. The third-order valence-corrected chi connectivity index (χ3v) is 3.01. The van der Waals surface area contributed by atoms with Crippen LogP contribution in [0.3, 0.4) is 0 Å². The first kappa shape index (κ1) is 9.60. The van der Waals surface area contributed by atoms with Crippen LogP contribution in [0, 0.1) is 0 Å². The average molecular weight is 213 g/mol. The van der Waals surface area contributed by atoms with Crippen LogP contribution in [0.5, 0.6) is 0 Å². The predicted octanol–water partition coefficient (Wildman–Crippen LogP) is 1.58. The minimum Gasteiger partial charge on any atom is -0.349 e. The van der Waals surface area contributed by atoms with Crippen LogP contribution in [0.4, 0.5) is 0 Å². The monoisotopic (exact) mass is 213 g/mol. The molecule has 2 aromatic heterocycles. The second kappa shape index (κ2) is 4.10. The van der Waals surface area contributed by atoms with Gasteiger partial charge in [0.2, 0.25) is 0 Å². The summed E-state index contributed by atoms with van der Waals surface area (Å²) in [5.41, 5.74) is 4.05. The fourth-order valence-electron chi connectivity index (χ4n) is 2.23. The second-order valence-corrected chi connectivity index (χ2v) is 4.25. The van der Waals surface area contributed by atoms with Gasteiger partial charge in [-0.25, -0.2) is 0 Å². The third-order valence-electron chi connectivity index (χ3n) is 3.01. The SMILES string of the molecule is c1cncc(Cc2cc3n(c2)CCNC3)c1. The van der Waals surface area contributed by atoms with Crippen molar-refractivity contribution in [2.24, 2.45) is 0 Å². The van der Waals surface area contributed by atoms with E-state index in [0.717, 1.165) is 26.1 Å². The molecular weight excluding hydrogens is 198 g/mol. The summed E-state index contributed by atoms with van der Waals surface area (Å²) in [6, 6.07) is 6.41. The van der Waals surface area contributed by atoms with Gasteiger partial charge in [0.05, 0.1) is 0 Å². The third kappa shape index (κ3) is 1.86. The molecular formula is C13H15N3. The Morgan fingerprint density at radius 2 is 2.38 bits per heavy atom. The Hall–Kier alpha value is -1.61. The van der Waals surface area contributed by atoms with Crippen LogP contribution in [-0.4, -0.2) is 16.1 Å². The molecule has 0 atom stereocenters. The van der Waals surface area contributed by atoms with E-state index in [4.69, 9.17) is 0 Å². The highest BCUT2D eigenvalue weighted by molar-refractivity contribution is 5.26. The van der Waals surface area contributed by atoms with Crippen molar-refractivity contribution in [2.75, 3.05) is 6.54 Å². The van der Waals surface area contributed by atoms with E-state index >= 15 is 0 Å². The Morgan fingerprint density at radius 1 is 1.38 bits per heavy atom. The lowest BCUT2D eigenvalue weighted by Crippen LogP contribution is -2.27. The van der Waals surface area contributed by atoms with Gasteiger partial charge in [-0.3, -0.25) is 4.98 Å². The molecule has 2 aromatic rings. The zero-order chi connectivity index (χ0) is 10.8. The van der Waals surface area contributed by atoms with Gasteiger partial charge in [-0.1, -0.05) is 6.07 Å². The van der Waals surface area contributed by atoms with E-state index in [-0.39, 0.29) is 0 Å². The molecule has 16 heavy (non-hydrogen) atoms. The van der Waals surface area contributed by atoms with Crippen LogP contribution < -0.4 is 5.32 Å². The van der Waals surface area contributed by atoms with Crippen molar-refractivity contribution in [3.05, 3.63) is 53.6 Å². The molecule has 1 aliphatic heterocycles. The second-order valence-electron chi connectivity index (χ2n) is 4.25. The minimum absolute atomic E-state index is 0.980. The van der Waals surface area contributed by atoms with Gasteiger partial charge in [-0.15, -0.1) is 0 Å². The van der Waals surface area contributed by atoms with Gasteiger partial charge in [-0.05, 0) is 23.3 Å². The standard InChI is InChI=1S/C13H15N3/c1-2-11(8-14-3-1)6-12-7-13-9-15-4-5-16(13)10-12/h1-3,7-8,10,15H,4-6,9H2. The number of rotatable bonds is 2. The molecule has 0 aliphatic carbocycles. The molecule has 0 unspecified atom stereocenters. The van der Waals surface area contributed by atoms with E-state index in [1.807, 2.05) is 18.5 Å². The number of fused-ring (bicyclic) bond motifs is 1. The summed E-state index contributed by atoms with van der Waals surface area (Å²) in [6.07, 6.45) is 7.00. The summed E-state index contributed by atoms with van der Waals surface area (Å²) in [4.78, 5) is 4.14. The number of pyridine rings is 1. The highest BCUT2D eigenvalue weighted by atomic mass is 15.1. The van der Waals surface area contributed by atoms with Crippen LogP contribution in [0.25, 0.3) is 0 Å². The molecule has 3 heterocycles. The molecule has 1 aliphatic rings. The molecule has 3 rings (SSSR count). The van der Waals surface area contributed by atoms with Crippen molar-refractivity contribution in [3.63, 3.8) is 0 Å². The smallest absolute Gasteiger partial charge is 0.0360 e. The summed E-state index contributed by atoms with van der Waals surface area (Å²) in [6.45, 7) is 3.16. The lowest BCUT2D eigenvalue weighted by molar-refractivity contribution is 0.516. The van der Waals surface area contributed by atoms with E-state index in [1.54, 1.807) is 0 Å². The largest absolute Gasteiger partial charge is 0.349 e. The Labute approximate surface area is 95.1 Å². The number of hydrogen-bond acceptors (Lipinski definition) is 2. The molecule has 0 saturated heterocycles. The minimum atomic E-state index is 0.980. The maximum atomic E-state index is 4.14. The first-order valence-corrected chi connectivity index (χ1v) is 5.69. The molecule has 1 N–H and O–H groups in total. The Morgan fingerprint density at radius 3 is 3.19 bits per heavy atom. The van der Waals surface area contributed by atoms with Gasteiger partial charge in [0, 0.05) is 50.3 Å². The van der Waals surface area contributed by atoms with Crippen molar-refractivity contribution < 1.29 is 0 Å². The highest BCUT2D eigenvalue weighted by Crippen LogP contribution is 2.14. The topological polar surface area (TPSA) is 29.9 Å². The first-order valence-electron chi connectivity index (χ1n) is 5.69. The maximum absolute atomic E-state index is 4.14. The van der Waals surface area contributed by atoms with Crippen molar-refractivity contribution in [3.8, 4) is 0 Å². The van der Waals surface area contributed by atoms with Gasteiger partial charge in [-0.2, -0.15) is 0 Å². The summed E-state index contributed by atoms with van der Waals surface area (Å²) in [7, 11) is 0. The molecule has 0 radical (unpaired) electrons. The molecule has 0 bridgehead atoms. The molecule has 0 spiro atoms. The van der Waals surface area contributed by atoms with Crippen molar-refractivity contribution in [2.45, 2.75) is 19.5 Å². The van der Waals surface area contributed by atoms with E-state index in [2.05, 4.69) is 33.2 Å². The van der Waals surface area contributed by atoms with E-state index in [9.17, 15) is 0 Å². The van der Waals surface area contributed by atoms with Gasteiger partial charge >= 0.3 is 0 Å². The van der Waals surface area contributed by atoms with E-state index < -0.39 is 0 Å². The number of nitrogens with one attached hydrogen (secondary N) is 1. The van der Waals surface area contributed by atoms with E-state index in [0.29, 0.717) is 0 Å². The number of hydrogen-bond donors (Lipinski definition) is 1. The molecule has 82 valence electrons. The van der Waals surface area contributed by atoms with Gasteiger partial charge in [0.1, 0.15) is 0 Å². The molecule has 0 saturated carbocycles. The quantitative estimate of drug-likeness (QED) is 0.820. The summed E-state index contributed by atoms with van der Waals surface area (Å²) in [5, 5.41) is 3.38. The molecule has 3 nitrogen and oxygen atoms in total. The number of aromatic nitrogens is 2. The summed E-state index contributed by atoms with van der Waals surface area (Å²) < 4.78 is 2.35. The fourth-order valence-corrected chi connectivity index (χ4v) is 2.23. The average Bonchev–Trinajstić information content (AvgIpc) is 2.72. The summed E-state index contributed by atoms with van der Waals surface area (Å²) in [5.74, 6) is 0. The van der Waals surface area contributed by atoms with Crippen molar-refractivity contribution >= 4 is 0 Å². The maximum Gasteiger partial charge on any atom is 0.0360 e. The highest BCUT2D eigenvalue weighted by Gasteiger charge is 2.09. The zero-order valence-electron chi connectivity index (χ0n) is 9.19. The van der Waals surface area contributed by atoms with Crippen LogP contribution in [-0.2, 0) is 19.5 Å². The molecule has 0 fully saturated rings. The zero-order valence-corrected chi connectivity index (χ0v) is 9.19. The van der Waals surface area contributed by atoms with Crippen LogP contribution in [0.1, 0.15) is 16.8 Å². The van der Waals surface area contributed by atoms with Gasteiger partial charge < -0.3 is 9.88 Å². The normalized spacial score (nSPS) is 14.8. The fraction of sp³-hybridized carbons (Fsp3) is 0.308. The van der Waals surface area contributed by atoms with Crippen LogP contribution >= 0.6 is 0 Å². The summed E-state index contributed by atoms with van der Waals surface area (Å²) >= 11 is 0. The molecule has 0 aromatic carbocycles. The van der Waals surface area contributed by atoms with Crippen LogP contribution in [0.2, 0.25) is 0 Å². The van der Waals surface area contributed by atoms with E-state index in [1.165, 1.54) is 16.8 Å². The van der Waals surface area contributed by atoms with Crippen LogP contribution in [0.15, 0.2) is 36.8 Å². The first-order chi connectivity index (χ1) is 7.92. The molecule has 3 heteroatoms. The predicted molar refractivity (Wildman–Crippen MR) is 63.2 cm³/mol.